The minimum atomic E-state index is -3.29. The lowest BCUT2D eigenvalue weighted by molar-refractivity contribution is -0.131. The van der Waals surface area contributed by atoms with Crippen molar-refractivity contribution in [2.24, 2.45) is 0 Å². The first-order valence-electron chi connectivity index (χ1n) is 10.3. The molecule has 7 heteroatoms. The van der Waals surface area contributed by atoms with E-state index in [0.717, 1.165) is 32.2 Å². The van der Waals surface area contributed by atoms with Gasteiger partial charge in [-0.1, -0.05) is 30.3 Å². The highest BCUT2D eigenvalue weighted by atomic mass is 32.2. The Kier molecular flexibility index (Phi) is 5.27. The summed E-state index contributed by atoms with van der Waals surface area (Å²) in [5.41, 5.74) is 0.905. The fraction of sp³-hybridized carbons (Fsp3) is 0.667. The molecule has 0 aromatic heterocycles. The molecule has 2 aliphatic heterocycles. The predicted octanol–water partition coefficient (Wildman–Crippen LogP) is 1.67. The van der Waals surface area contributed by atoms with Crippen molar-refractivity contribution in [3.8, 4) is 0 Å². The van der Waals surface area contributed by atoms with E-state index < -0.39 is 10.0 Å². The highest BCUT2D eigenvalue weighted by molar-refractivity contribution is 7.90. The molecule has 0 N–H and O–H groups in total. The average Bonchev–Trinajstić information content (AvgIpc) is 3.48. The van der Waals surface area contributed by atoms with E-state index in [1.807, 2.05) is 37.2 Å². The van der Waals surface area contributed by atoms with Crippen molar-refractivity contribution in [1.29, 1.82) is 0 Å². The number of rotatable bonds is 6. The quantitative estimate of drug-likeness (QED) is 0.722. The largest absolute Gasteiger partial charge is 0.340 e. The standard InChI is InChI=1S/C21H31N3O3S/c1-22(2)14-15-23-16-19-21(11-10-20(23)25,17-6-4-3-5-7-17)12-13-24(19)28(26,27)18-8-9-18/h3-7,18-19H,8-16H2,1-2H3/t19-,21+/m0/s1. The zero-order valence-electron chi connectivity index (χ0n) is 16.9. The first kappa shape index (κ1) is 19.9. The van der Waals surface area contributed by atoms with Gasteiger partial charge in [-0.3, -0.25) is 4.79 Å². The lowest BCUT2D eigenvalue weighted by Crippen LogP contribution is -2.51. The second kappa shape index (κ2) is 7.43. The van der Waals surface area contributed by atoms with Gasteiger partial charge in [-0.15, -0.1) is 0 Å². The third-order valence-corrected chi connectivity index (χ3v) is 9.14. The molecule has 0 radical (unpaired) electrons. The van der Waals surface area contributed by atoms with Gasteiger partial charge in [0.25, 0.3) is 0 Å². The van der Waals surface area contributed by atoms with Gasteiger partial charge < -0.3 is 9.80 Å². The normalized spacial score (nSPS) is 29.2. The van der Waals surface area contributed by atoms with Crippen LogP contribution in [0, 0.1) is 0 Å². The van der Waals surface area contributed by atoms with Gasteiger partial charge in [-0.05, 0) is 45.3 Å². The molecular formula is C21H31N3O3S. The number of carbonyl (C=O) groups excluding carboxylic acids is 1. The minimum Gasteiger partial charge on any atom is -0.340 e. The van der Waals surface area contributed by atoms with Crippen molar-refractivity contribution in [2.45, 2.75) is 48.8 Å². The highest BCUT2D eigenvalue weighted by Crippen LogP contribution is 2.48. The summed E-state index contributed by atoms with van der Waals surface area (Å²) in [4.78, 5) is 16.8. The molecule has 1 saturated carbocycles. The van der Waals surface area contributed by atoms with E-state index in [-0.39, 0.29) is 22.6 Å². The summed E-state index contributed by atoms with van der Waals surface area (Å²) in [6.07, 6.45) is 3.54. The van der Waals surface area contributed by atoms with Crippen molar-refractivity contribution in [3.63, 3.8) is 0 Å². The Morgan fingerprint density at radius 1 is 1.14 bits per heavy atom. The number of hydrogen-bond donors (Lipinski definition) is 0. The van der Waals surface area contributed by atoms with Crippen LogP contribution in [0.15, 0.2) is 30.3 Å². The summed E-state index contributed by atoms with van der Waals surface area (Å²) in [5.74, 6) is 0.148. The molecule has 3 fully saturated rings. The molecule has 154 valence electrons. The first-order valence-corrected chi connectivity index (χ1v) is 11.8. The molecular weight excluding hydrogens is 374 g/mol. The summed E-state index contributed by atoms with van der Waals surface area (Å²) in [7, 11) is 0.707. The van der Waals surface area contributed by atoms with Gasteiger partial charge in [0.2, 0.25) is 15.9 Å². The Hall–Kier alpha value is -1.44. The van der Waals surface area contributed by atoms with Gasteiger partial charge in [0.15, 0.2) is 0 Å². The predicted molar refractivity (Wildman–Crippen MR) is 110 cm³/mol. The van der Waals surface area contributed by atoms with Crippen LogP contribution in [-0.4, -0.2) is 80.0 Å². The van der Waals surface area contributed by atoms with E-state index in [9.17, 15) is 13.2 Å². The maximum Gasteiger partial charge on any atom is 0.222 e. The second-order valence-corrected chi connectivity index (χ2v) is 11.0. The number of fused-ring (bicyclic) bond motifs is 1. The Labute approximate surface area is 168 Å². The molecule has 2 saturated heterocycles. The zero-order chi connectivity index (χ0) is 19.9. The number of nitrogens with zero attached hydrogens (tertiary/aromatic N) is 3. The van der Waals surface area contributed by atoms with E-state index in [4.69, 9.17) is 0 Å². The zero-order valence-corrected chi connectivity index (χ0v) is 17.7. The maximum absolute atomic E-state index is 13.2. The molecule has 0 unspecified atom stereocenters. The van der Waals surface area contributed by atoms with Crippen molar-refractivity contribution < 1.29 is 13.2 Å². The number of hydrogen-bond acceptors (Lipinski definition) is 4. The Balaban J connectivity index is 1.72. The lowest BCUT2D eigenvalue weighted by atomic mass is 9.71. The maximum atomic E-state index is 13.2. The molecule has 0 spiro atoms. The van der Waals surface area contributed by atoms with Crippen molar-refractivity contribution in [3.05, 3.63) is 35.9 Å². The summed E-state index contributed by atoms with van der Waals surface area (Å²) < 4.78 is 28.2. The van der Waals surface area contributed by atoms with Crippen LogP contribution in [0.25, 0.3) is 0 Å². The van der Waals surface area contributed by atoms with Crippen LogP contribution in [0.4, 0.5) is 0 Å². The van der Waals surface area contributed by atoms with Crippen LogP contribution in [0.1, 0.15) is 37.7 Å². The van der Waals surface area contributed by atoms with Crippen molar-refractivity contribution >= 4 is 15.9 Å². The van der Waals surface area contributed by atoms with Gasteiger partial charge in [-0.25, -0.2) is 8.42 Å². The van der Waals surface area contributed by atoms with Gasteiger partial charge in [0, 0.05) is 38.0 Å². The Morgan fingerprint density at radius 3 is 2.50 bits per heavy atom. The first-order chi connectivity index (χ1) is 13.3. The minimum absolute atomic E-state index is 0.148. The van der Waals surface area contributed by atoms with Crippen LogP contribution in [-0.2, 0) is 20.2 Å². The molecule has 2 atom stereocenters. The van der Waals surface area contributed by atoms with Gasteiger partial charge >= 0.3 is 0 Å². The number of sulfonamides is 1. The van der Waals surface area contributed by atoms with Crippen LogP contribution in [0.2, 0.25) is 0 Å². The number of carbonyl (C=O) groups is 1. The number of likely N-dealkylation sites (N-methyl/N-ethyl adjacent to an activating group) is 1. The van der Waals surface area contributed by atoms with E-state index in [1.54, 1.807) is 4.31 Å². The van der Waals surface area contributed by atoms with Gasteiger partial charge in [-0.2, -0.15) is 4.31 Å². The average molecular weight is 406 g/mol. The molecule has 4 rings (SSSR count). The molecule has 1 aromatic rings. The molecule has 1 aromatic carbocycles. The van der Waals surface area contributed by atoms with Crippen molar-refractivity contribution in [1.82, 2.24) is 14.1 Å². The van der Waals surface area contributed by atoms with E-state index in [1.165, 1.54) is 5.56 Å². The number of likely N-dealkylation sites (tertiary alicyclic amines) is 1. The monoisotopic (exact) mass is 405 g/mol. The molecule has 1 amide bonds. The summed E-state index contributed by atoms with van der Waals surface area (Å²) in [5, 5.41) is -0.215. The molecule has 28 heavy (non-hydrogen) atoms. The molecule has 2 heterocycles. The van der Waals surface area contributed by atoms with E-state index >= 15 is 0 Å². The fourth-order valence-electron chi connectivity index (χ4n) is 4.91. The van der Waals surface area contributed by atoms with Crippen LogP contribution in [0.5, 0.6) is 0 Å². The van der Waals surface area contributed by atoms with E-state index in [0.29, 0.717) is 26.1 Å². The SMILES string of the molecule is CN(C)CCN1C[C@@H]2N(S(=O)(=O)C3CC3)CC[C@@]2(c2ccccc2)CCC1=O. The van der Waals surface area contributed by atoms with Crippen LogP contribution < -0.4 is 0 Å². The lowest BCUT2D eigenvalue weighted by Gasteiger charge is -2.38. The fourth-order valence-corrected chi connectivity index (χ4v) is 7.00. The third kappa shape index (κ3) is 3.48. The Morgan fingerprint density at radius 2 is 1.86 bits per heavy atom. The number of benzene rings is 1. The Bertz CT molecular complexity index is 823. The van der Waals surface area contributed by atoms with Crippen LogP contribution in [0.3, 0.4) is 0 Å². The summed E-state index contributed by atoms with van der Waals surface area (Å²) in [6, 6.07) is 10.1. The van der Waals surface area contributed by atoms with E-state index in [2.05, 4.69) is 17.0 Å². The molecule has 0 bridgehead atoms. The molecule has 3 aliphatic rings. The van der Waals surface area contributed by atoms with Gasteiger partial charge in [0.05, 0.1) is 11.3 Å². The summed E-state index contributed by atoms with van der Waals surface area (Å²) in [6.45, 7) is 2.48. The molecule has 1 aliphatic carbocycles. The smallest absolute Gasteiger partial charge is 0.222 e. The molecule has 6 nitrogen and oxygen atoms in total. The van der Waals surface area contributed by atoms with Crippen molar-refractivity contribution in [2.75, 3.05) is 40.3 Å². The number of amides is 1. The second-order valence-electron chi connectivity index (χ2n) is 8.79. The highest BCUT2D eigenvalue weighted by Gasteiger charge is 2.56. The van der Waals surface area contributed by atoms with Gasteiger partial charge in [0.1, 0.15) is 0 Å². The topological polar surface area (TPSA) is 60.9 Å². The van der Waals surface area contributed by atoms with Crippen LogP contribution >= 0.6 is 0 Å². The summed E-state index contributed by atoms with van der Waals surface area (Å²) >= 11 is 0. The third-order valence-electron chi connectivity index (χ3n) is 6.73.